The van der Waals surface area contributed by atoms with E-state index in [0.717, 1.165) is 33.6 Å². The van der Waals surface area contributed by atoms with Crippen LogP contribution in [0, 0.1) is 20.8 Å². The van der Waals surface area contributed by atoms with E-state index in [1.54, 1.807) is 17.0 Å². The molecule has 1 unspecified atom stereocenters. The van der Waals surface area contributed by atoms with Crippen LogP contribution in [0.25, 0.3) is 11.3 Å². The normalized spacial score (nSPS) is 16.2. The molecule has 2 amide bonds. The Kier molecular flexibility index (Phi) is 7.86. The number of nitrogens with zero attached hydrogens (tertiary/aromatic N) is 3. The van der Waals surface area contributed by atoms with Crippen LogP contribution in [0.4, 0.5) is 11.4 Å². The zero-order chi connectivity index (χ0) is 27.5. The number of anilines is 1. The maximum atomic E-state index is 13.6. The van der Waals surface area contributed by atoms with Crippen LogP contribution in [0.1, 0.15) is 28.8 Å². The van der Waals surface area contributed by atoms with E-state index in [1.165, 1.54) is 11.8 Å². The van der Waals surface area contributed by atoms with Gasteiger partial charge in [-0.15, -0.1) is 0 Å². The number of hydrogen-bond donors (Lipinski definition) is 1. The smallest absolute Gasteiger partial charge is 0.243 e. The highest BCUT2D eigenvalue weighted by molar-refractivity contribution is 8.15. The van der Waals surface area contributed by atoms with Crippen LogP contribution in [-0.4, -0.2) is 32.3 Å². The molecule has 7 nitrogen and oxygen atoms in total. The Balaban J connectivity index is 1.41. The van der Waals surface area contributed by atoms with E-state index in [4.69, 9.17) is 21.1 Å². The van der Waals surface area contributed by atoms with Crippen LogP contribution < -0.4 is 5.32 Å². The first-order chi connectivity index (χ1) is 18.8. The van der Waals surface area contributed by atoms with Gasteiger partial charge in [0, 0.05) is 23.7 Å². The summed E-state index contributed by atoms with van der Waals surface area (Å²) in [5.41, 5.74) is 5.86. The first kappa shape index (κ1) is 26.7. The highest BCUT2D eigenvalue weighted by atomic mass is 35.5. The van der Waals surface area contributed by atoms with Gasteiger partial charge in [0.25, 0.3) is 0 Å². The minimum absolute atomic E-state index is 0.0177. The Hall–Kier alpha value is -3.88. The lowest BCUT2D eigenvalue weighted by Gasteiger charge is -2.15. The Labute approximate surface area is 236 Å². The number of aromatic nitrogens is 1. The van der Waals surface area contributed by atoms with Crippen molar-refractivity contribution < 1.29 is 14.1 Å². The first-order valence-corrected chi connectivity index (χ1v) is 13.7. The third-order valence-corrected chi connectivity index (χ3v) is 8.13. The molecule has 198 valence electrons. The summed E-state index contributed by atoms with van der Waals surface area (Å²) in [7, 11) is 0. The summed E-state index contributed by atoms with van der Waals surface area (Å²) < 4.78 is 5.55. The van der Waals surface area contributed by atoms with Crippen molar-refractivity contribution in [2.24, 2.45) is 4.99 Å². The second-order valence-electron chi connectivity index (χ2n) is 9.37. The Morgan fingerprint density at radius 1 is 1.05 bits per heavy atom. The van der Waals surface area contributed by atoms with Gasteiger partial charge < -0.3 is 9.84 Å². The molecule has 39 heavy (non-hydrogen) atoms. The number of aliphatic imine (C=N–C) groups is 1. The number of carbonyl (C=O) groups excluding carboxylic acids is 2. The van der Waals surface area contributed by atoms with Crippen molar-refractivity contribution in [2.45, 2.75) is 39.0 Å². The lowest BCUT2D eigenvalue weighted by molar-refractivity contribution is -0.128. The molecule has 1 aliphatic heterocycles. The van der Waals surface area contributed by atoms with Crippen molar-refractivity contribution in [3.63, 3.8) is 0 Å². The topological polar surface area (TPSA) is 87.8 Å². The van der Waals surface area contributed by atoms with E-state index in [2.05, 4.69) is 10.5 Å². The molecule has 0 aliphatic carbocycles. The molecule has 3 aromatic carbocycles. The van der Waals surface area contributed by atoms with Gasteiger partial charge in [-0.25, -0.2) is 4.99 Å². The quantitative estimate of drug-likeness (QED) is 0.262. The predicted molar refractivity (Wildman–Crippen MR) is 156 cm³/mol. The van der Waals surface area contributed by atoms with Crippen LogP contribution in [0.3, 0.4) is 0 Å². The van der Waals surface area contributed by atoms with Gasteiger partial charge in [-0.1, -0.05) is 71.0 Å². The minimum atomic E-state index is -0.618. The number of nitrogens with one attached hydrogen (secondary N) is 1. The predicted octanol–water partition coefficient (Wildman–Crippen LogP) is 7.08. The van der Waals surface area contributed by atoms with Crippen LogP contribution >= 0.6 is 23.4 Å². The number of amidine groups is 1. The molecule has 1 N–H and O–H groups in total. The minimum Gasteiger partial charge on any atom is -0.356 e. The van der Waals surface area contributed by atoms with Crippen LogP contribution in [-0.2, 0) is 16.1 Å². The van der Waals surface area contributed by atoms with Crippen molar-refractivity contribution in [1.29, 1.82) is 0 Å². The van der Waals surface area contributed by atoms with Gasteiger partial charge in [0.2, 0.25) is 11.8 Å². The first-order valence-electron chi connectivity index (χ1n) is 12.5. The summed E-state index contributed by atoms with van der Waals surface area (Å²) in [5, 5.41) is 7.56. The van der Waals surface area contributed by atoms with Gasteiger partial charge in [-0.3, -0.25) is 14.5 Å². The zero-order valence-electron chi connectivity index (χ0n) is 21.8. The second kappa shape index (κ2) is 11.5. The van der Waals surface area contributed by atoms with E-state index in [1.807, 2.05) is 81.4 Å². The number of benzene rings is 3. The van der Waals surface area contributed by atoms with E-state index < -0.39 is 5.25 Å². The largest absolute Gasteiger partial charge is 0.356 e. The van der Waals surface area contributed by atoms with Crippen LogP contribution in [0.5, 0.6) is 0 Å². The summed E-state index contributed by atoms with van der Waals surface area (Å²) in [5.74, 6) is 0.0777. The van der Waals surface area contributed by atoms with Gasteiger partial charge >= 0.3 is 0 Å². The molecule has 0 spiro atoms. The highest BCUT2D eigenvalue weighted by Crippen LogP contribution is 2.35. The second-order valence-corrected chi connectivity index (χ2v) is 11.0. The maximum absolute atomic E-state index is 13.6. The molecule has 1 aliphatic rings. The number of hydrogen-bond acceptors (Lipinski definition) is 6. The molecule has 4 aromatic rings. The lowest BCUT2D eigenvalue weighted by Crippen LogP contribution is -2.33. The van der Waals surface area contributed by atoms with Crippen molar-refractivity contribution in [1.82, 2.24) is 10.1 Å². The Morgan fingerprint density at radius 3 is 2.59 bits per heavy atom. The number of rotatable bonds is 7. The van der Waals surface area contributed by atoms with Crippen LogP contribution in [0.15, 0.2) is 82.3 Å². The van der Waals surface area contributed by atoms with Gasteiger partial charge in [0.15, 0.2) is 10.9 Å². The Bertz CT molecular complexity index is 1580. The fourth-order valence-corrected chi connectivity index (χ4v) is 5.63. The maximum Gasteiger partial charge on any atom is 0.243 e. The lowest BCUT2D eigenvalue weighted by atomic mass is 10.1. The SMILES string of the molecule is Cc1ccccc1NC(=O)CC1SC(=Nc2cccc(C)c2C)N(Cc2cc(-c3ccccc3Cl)on2)C1=O. The average molecular weight is 559 g/mol. The number of thioether (sulfide) groups is 1. The van der Waals surface area contributed by atoms with Gasteiger partial charge in [-0.05, 0) is 61.7 Å². The van der Waals surface area contributed by atoms with E-state index in [-0.39, 0.29) is 24.8 Å². The van der Waals surface area contributed by atoms with Crippen molar-refractivity contribution in [3.8, 4) is 11.3 Å². The third-order valence-electron chi connectivity index (χ3n) is 6.62. The molecule has 1 aromatic heterocycles. The molecule has 2 heterocycles. The molecule has 0 bridgehead atoms. The number of para-hydroxylation sites is 1. The van der Waals surface area contributed by atoms with E-state index in [0.29, 0.717) is 21.6 Å². The van der Waals surface area contributed by atoms with Gasteiger partial charge in [0.05, 0.1) is 17.3 Å². The summed E-state index contributed by atoms with van der Waals surface area (Å²) in [4.78, 5) is 33.0. The number of aryl methyl sites for hydroxylation is 2. The summed E-state index contributed by atoms with van der Waals surface area (Å²) in [6.07, 6.45) is 0.0177. The number of halogens is 1. The van der Waals surface area contributed by atoms with Crippen molar-refractivity contribution in [2.75, 3.05) is 5.32 Å². The molecule has 0 saturated carbocycles. The van der Waals surface area contributed by atoms with E-state index >= 15 is 0 Å². The molecule has 0 radical (unpaired) electrons. The molecule has 1 atom stereocenters. The summed E-state index contributed by atoms with van der Waals surface area (Å²) in [6, 6.07) is 22.5. The fraction of sp³-hybridized carbons (Fsp3) is 0.200. The summed E-state index contributed by atoms with van der Waals surface area (Å²) in [6.45, 7) is 6.10. The zero-order valence-corrected chi connectivity index (χ0v) is 23.3. The Morgan fingerprint density at radius 2 is 1.79 bits per heavy atom. The molecular weight excluding hydrogens is 532 g/mol. The van der Waals surface area contributed by atoms with Gasteiger partial charge in [0.1, 0.15) is 10.9 Å². The molecule has 5 rings (SSSR count). The number of amides is 2. The van der Waals surface area contributed by atoms with E-state index in [9.17, 15) is 9.59 Å². The highest BCUT2D eigenvalue weighted by Gasteiger charge is 2.40. The standard InChI is InChI=1S/C30H27ClN4O3S/c1-18-10-8-14-25(20(18)3)33-30-35(17-21-15-26(38-34-21)22-11-5-6-12-23(22)31)29(37)27(39-30)16-28(36)32-24-13-7-4-9-19(24)2/h4-15,27H,16-17H2,1-3H3,(H,32,36). The van der Waals surface area contributed by atoms with Gasteiger partial charge in [-0.2, -0.15) is 0 Å². The molecule has 1 saturated heterocycles. The van der Waals surface area contributed by atoms with Crippen molar-refractivity contribution >= 4 is 51.7 Å². The monoisotopic (exact) mass is 558 g/mol. The molecule has 9 heteroatoms. The summed E-state index contributed by atoms with van der Waals surface area (Å²) >= 11 is 7.62. The number of carbonyl (C=O) groups is 2. The molecule has 1 fully saturated rings. The third kappa shape index (κ3) is 5.92. The average Bonchev–Trinajstić information content (AvgIpc) is 3.49. The van der Waals surface area contributed by atoms with Crippen molar-refractivity contribution in [3.05, 3.63) is 100 Å². The molecular formula is C30H27ClN4O3S. The van der Waals surface area contributed by atoms with Crippen LogP contribution in [0.2, 0.25) is 5.02 Å². The fourth-order valence-electron chi connectivity index (χ4n) is 4.25.